The lowest BCUT2D eigenvalue weighted by Gasteiger charge is -2.14. The molecule has 0 bridgehead atoms. The third-order valence-corrected chi connectivity index (χ3v) is 5.21. The molecule has 27 heavy (non-hydrogen) atoms. The highest BCUT2D eigenvalue weighted by molar-refractivity contribution is 6.43. The largest absolute Gasteiger partial charge is 0.487 e. The molecule has 0 saturated carbocycles. The van der Waals surface area contributed by atoms with Crippen LogP contribution in [-0.4, -0.2) is 19.5 Å². The average molecular weight is 420 g/mol. The molecule has 0 saturated heterocycles. The molecule has 3 heterocycles. The summed E-state index contributed by atoms with van der Waals surface area (Å²) in [4.78, 5) is 12.7. The Labute approximate surface area is 170 Å². The molecular formula is C19H13Cl3N4O. The zero-order valence-electron chi connectivity index (χ0n) is 14.2. The van der Waals surface area contributed by atoms with Crippen molar-refractivity contribution in [3.05, 3.63) is 75.6 Å². The fraction of sp³-hybridized carbons (Fsp3) is 0.105. The molecule has 0 radical (unpaired) electrons. The van der Waals surface area contributed by atoms with Crippen molar-refractivity contribution in [2.24, 2.45) is 0 Å². The van der Waals surface area contributed by atoms with E-state index in [1.165, 1.54) is 6.20 Å². The number of benzene rings is 1. The van der Waals surface area contributed by atoms with Crippen LogP contribution in [0.2, 0.25) is 15.2 Å². The standard InChI is InChI=1S/C19H13Cl3N4O/c1-11-7-15(26-6-5-23-10-26)12-3-2-4-16(18(12)25-11)27-9-13-14(20)8-24-19(22)17(13)21/h2-8,10H,9H2,1H3. The van der Waals surface area contributed by atoms with Gasteiger partial charge in [0.15, 0.2) is 0 Å². The number of fused-ring (bicyclic) bond motifs is 1. The minimum Gasteiger partial charge on any atom is -0.487 e. The summed E-state index contributed by atoms with van der Waals surface area (Å²) in [5.74, 6) is 0.623. The van der Waals surface area contributed by atoms with Crippen LogP contribution in [0.1, 0.15) is 11.3 Å². The van der Waals surface area contributed by atoms with Crippen LogP contribution >= 0.6 is 34.8 Å². The summed E-state index contributed by atoms with van der Waals surface area (Å²) in [6.45, 7) is 2.09. The van der Waals surface area contributed by atoms with Gasteiger partial charge in [-0.25, -0.2) is 15.0 Å². The number of imidazole rings is 1. The topological polar surface area (TPSA) is 52.8 Å². The lowest BCUT2D eigenvalue weighted by atomic mass is 10.1. The van der Waals surface area contributed by atoms with Crippen LogP contribution in [0.25, 0.3) is 16.6 Å². The van der Waals surface area contributed by atoms with Crippen molar-refractivity contribution in [3.8, 4) is 11.4 Å². The van der Waals surface area contributed by atoms with Crippen LogP contribution in [0.15, 0.2) is 49.2 Å². The van der Waals surface area contributed by atoms with E-state index in [0.29, 0.717) is 16.3 Å². The van der Waals surface area contributed by atoms with Crippen LogP contribution in [0.5, 0.6) is 5.75 Å². The second-order valence-electron chi connectivity index (χ2n) is 5.88. The Bertz CT molecular complexity index is 1130. The molecule has 4 rings (SSSR count). The molecule has 0 aliphatic heterocycles. The van der Waals surface area contributed by atoms with Gasteiger partial charge in [0, 0.05) is 35.2 Å². The van der Waals surface area contributed by atoms with Crippen LogP contribution in [0, 0.1) is 6.92 Å². The van der Waals surface area contributed by atoms with Crippen molar-refractivity contribution >= 4 is 45.7 Å². The summed E-state index contributed by atoms with van der Waals surface area (Å²) in [6.07, 6.45) is 6.83. The van der Waals surface area contributed by atoms with E-state index in [4.69, 9.17) is 39.5 Å². The lowest BCUT2D eigenvalue weighted by Crippen LogP contribution is -2.01. The summed E-state index contributed by atoms with van der Waals surface area (Å²) in [6, 6.07) is 7.77. The Morgan fingerprint density at radius 3 is 2.81 bits per heavy atom. The molecule has 136 valence electrons. The molecule has 0 aliphatic rings. The van der Waals surface area contributed by atoms with Gasteiger partial charge in [-0.3, -0.25) is 0 Å². The Hall–Kier alpha value is -2.34. The van der Waals surface area contributed by atoms with Crippen LogP contribution in [0.4, 0.5) is 0 Å². The summed E-state index contributed by atoms with van der Waals surface area (Å²) in [5.41, 5.74) is 3.17. The number of hydrogen-bond donors (Lipinski definition) is 0. The van der Waals surface area contributed by atoms with Gasteiger partial charge in [-0.2, -0.15) is 0 Å². The highest BCUT2D eigenvalue weighted by Crippen LogP contribution is 2.33. The number of para-hydroxylation sites is 1. The summed E-state index contributed by atoms with van der Waals surface area (Å²) >= 11 is 18.4. The number of nitrogens with zero attached hydrogens (tertiary/aromatic N) is 4. The van der Waals surface area contributed by atoms with E-state index in [2.05, 4.69) is 15.0 Å². The second-order valence-corrected chi connectivity index (χ2v) is 7.03. The summed E-state index contributed by atoms with van der Waals surface area (Å²) < 4.78 is 7.95. The van der Waals surface area contributed by atoms with Gasteiger partial charge in [0.25, 0.3) is 0 Å². The van der Waals surface area contributed by atoms with Crippen LogP contribution in [-0.2, 0) is 6.61 Å². The van der Waals surface area contributed by atoms with E-state index in [1.54, 1.807) is 12.5 Å². The number of aromatic nitrogens is 4. The van der Waals surface area contributed by atoms with Gasteiger partial charge in [-0.1, -0.05) is 46.9 Å². The van der Waals surface area contributed by atoms with Crippen molar-refractivity contribution < 1.29 is 4.74 Å². The van der Waals surface area contributed by atoms with Crippen molar-refractivity contribution in [1.82, 2.24) is 19.5 Å². The molecule has 0 fully saturated rings. The molecule has 3 aromatic heterocycles. The van der Waals surface area contributed by atoms with Gasteiger partial charge >= 0.3 is 0 Å². The fourth-order valence-corrected chi connectivity index (χ4v) is 3.43. The first kappa shape index (κ1) is 18.0. The molecule has 0 aliphatic carbocycles. The Kier molecular flexibility index (Phi) is 4.91. The zero-order valence-corrected chi connectivity index (χ0v) is 16.4. The van der Waals surface area contributed by atoms with E-state index in [0.717, 1.165) is 22.3 Å². The first-order valence-corrected chi connectivity index (χ1v) is 9.18. The smallest absolute Gasteiger partial charge is 0.148 e. The number of rotatable bonds is 4. The summed E-state index contributed by atoms with van der Waals surface area (Å²) in [7, 11) is 0. The maximum absolute atomic E-state index is 6.22. The molecule has 8 heteroatoms. The lowest BCUT2D eigenvalue weighted by molar-refractivity contribution is 0.309. The predicted molar refractivity (Wildman–Crippen MR) is 107 cm³/mol. The Balaban J connectivity index is 1.77. The number of aryl methyl sites for hydroxylation is 1. The van der Waals surface area contributed by atoms with E-state index in [-0.39, 0.29) is 16.8 Å². The minimum absolute atomic E-state index is 0.148. The SMILES string of the molecule is Cc1cc(-n2ccnc2)c2cccc(OCc3c(Cl)cnc(Cl)c3Cl)c2n1. The molecule has 0 unspecified atom stereocenters. The van der Waals surface area contributed by atoms with Gasteiger partial charge in [0.2, 0.25) is 0 Å². The van der Waals surface area contributed by atoms with Crippen molar-refractivity contribution in [2.45, 2.75) is 13.5 Å². The fourth-order valence-electron chi connectivity index (χ4n) is 2.82. The van der Waals surface area contributed by atoms with Crippen LogP contribution in [0.3, 0.4) is 0 Å². The monoisotopic (exact) mass is 418 g/mol. The minimum atomic E-state index is 0.148. The van der Waals surface area contributed by atoms with Gasteiger partial charge < -0.3 is 9.30 Å². The maximum Gasteiger partial charge on any atom is 0.148 e. The molecule has 4 aromatic rings. The van der Waals surface area contributed by atoms with Crippen molar-refractivity contribution in [3.63, 3.8) is 0 Å². The van der Waals surface area contributed by atoms with Gasteiger partial charge in [0.1, 0.15) is 23.0 Å². The van der Waals surface area contributed by atoms with Gasteiger partial charge in [-0.15, -0.1) is 0 Å². The molecular weight excluding hydrogens is 407 g/mol. The first-order valence-electron chi connectivity index (χ1n) is 8.04. The van der Waals surface area contributed by atoms with E-state index < -0.39 is 0 Å². The number of pyridine rings is 2. The van der Waals surface area contributed by atoms with E-state index in [1.807, 2.05) is 42.0 Å². The molecule has 0 N–H and O–H groups in total. The highest BCUT2D eigenvalue weighted by Gasteiger charge is 2.14. The maximum atomic E-state index is 6.22. The van der Waals surface area contributed by atoms with Gasteiger partial charge in [0.05, 0.1) is 22.1 Å². The first-order chi connectivity index (χ1) is 13.0. The number of ether oxygens (including phenoxy) is 1. The average Bonchev–Trinajstić information content (AvgIpc) is 3.19. The number of hydrogen-bond acceptors (Lipinski definition) is 4. The third kappa shape index (κ3) is 3.46. The summed E-state index contributed by atoms with van der Waals surface area (Å²) in [5, 5.41) is 1.82. The second kappa shape index (κ2) is 7.35. The Morgan fingerprint density at radius 1 is 1.19 bits per heavy atom. The quantitative estimate of drug-likeness (QED) is 0.400. The normalized spacial score (nSPS) is 11.1. The molecule has 0 amide bonds. The molecule has 0 spiro atoms. The predicted octanol–water partition coefficient (Wildman–Crippen LogP) is 5.66. The molecule has 1 aromatic carbocycles. The molecule has 5 nitrogen and oxygen atoms in total. The van der Waals surface area contributed by atoms with Crippen molar-refractivity contribution in [2.75, 3.05) is 0 Å². The molecule has 0 atom stereocenters. The Morgan fingerprint density at radius 2 is 2.04 bits per heavy atom. The van der Waals surface area contributed by atoms with E-state index >= 15 is 0 Å². The zero-order chi connectivity index (χ0) is 19.0. The number of halogens is 3. The van der Waals surface area contributed by atoms with Crippen LogP contribution < -0.4 is 4.74 Å². The third-order valence-electron chi connectivity index (χ3n) is 4.09. The van der Waals surface area contributed by atoms with Crippen molar-refractivity contribution in [1.29, 1.82) is 0 Å². The van der Waals surface area contributed by atoms with Gasteiger partial charge in [-0.05, 0) is 19.1 Å². The highest BCUT2D eigenvalue weighted by atomic mass is 35.5. The van der Waals surface area contributed by atoms with E-state index in [9.17, 15) is 0 Å².